The molecule has 0 saturated carbocycles. The first kappa shape index (κ1) is 8.16. The Morgan fingerprint density at radius 2 is 2.36 bits per heavy atom. The molecule has 0 spiro atoms. The average Bonchev–Trinajstić information content (AvgIpc) is 2.05. The van der Waals surface area contributed by atoms with Crippen molar-refractivity contribution in [2.75, 3.05) is 11.7 Å². The standard InChI is InChI=1S/C6H9N3OS/c1-11(10)5-2-3-6(9-7)8-4-5/h2-4H,7H2,1H3,(H,8,9)/t11-/m1/s1. The molecule has 1 heterocycles. The third-order valence-corrected chi connectivity index (χ3v) is 2.12. The lowest BCUT2D eigenvalue weighted by molar-refractivity contribution is 0.686. The van der Waals surface area contributed by atoms with Crippen molar-refractivity contribution in [2.24, 2.45) is 5.84 Å². The molecule has 1 aromatic heterocycles. The fraction of sp³-hybridized carbons (Fsp3) is 0.167. The van der Waals surface area contributed by atoms with Gasteiger partial charge in [0.25, 0.3) is 0 Å². The summed E-state index contributed by atoms with van der Waals surface area (Å²) in [5.74, 6) is 5.66. The van der Waals surface area contributed by atoms with Crippen LogP contribution in [0.1, 0.15) is 0 Å². The normalized spacial score (nSPS) is 12.5. The quantitative estimate of drug-likeness (QED) is 0.489. The lowest BCUT2D eigenvalue weighted by Gasteiger charge is -1.98. The van der Waals surface area contributed by atoms with E-state index in [9.17, 15) is 4.21 Å². The van der Waals surface area contributed by atoms with Crippen molar-refractivity contribution in [3.8, 4) is 0 Å². The molecular weight excluding hydrogens is 162 g/mol. The van der Waals surface area contributed by atoms with Gasteiger partial charge in [0.05, 0.1) is 15.7 Å². The van der Waals surface area contributed by atoms with Gasteiger partial charge in [0.2, 0.25) is 0 Å². The number of hydrogen-bond acceptors (Lipinski definition) is 4. The van der Waals surface area contributed by atoms with Crippen molar-refractivity contribution >= 4 is 16.6 Å². The van der Waals surface area contributed by atoms with Crippen molar-refractivity contribution in [2.45, 2.75) is 4.90 Å². The van der Waals surface area contributed by atoms with E-state index in [0.29, 0.717) is 10.7 Å². The lowest BCUT2D eigenvalue weighted by atomic mass is 10.5. The Bertz CT molecular complexity index is 259. The van der Waals surface area contributed by atoms with Gasteiger partial charge in [-0.3, -0.25) is 4.21 Å². The van der Waals surface area contributed by atoms with Gasteiger partial charge in [-0.15, -0.1) is 0 Å². The summed E-state index contributed by atoms with van der Waals surface area (Å²) in [6.07, 6.45) is 3.14. The highest BCUT2D eigenvalue weighted by molar-refractivity contribution is 7.84. The molecule has 0 fully saturated rings. The smallest absolute Gasteiger partial charge is 0.139 e. The fourth-order valence-electron chi connectivity index (χ4n) is 0.636. The Balaban J connectivity index is 2.91. The first-order valence-corrected chi connectivity index (χ1v) is 4.56. The molecular formula is C6H9N3OS. The molecule has 0 aromatic carbocycles. The summed E-state index contributed by atoms with van der Waals surface area (Å²) in [7, 11) is -0.970. The summed E-state index contributed by atoms with van der Waals surface area (Å²) in [5.41, 5.74) is 2.38. The van der Waals surface area contributed by atoms with E-state index in [1.165, 1.54) is 6.20 Å². The molecule has 5 heteroatoms. The second-order valence-electron chi connectivity index (χ2n) is 1.98. The number of hydrazine groups is 1. The van der Waals surface area contributed by atoms with Crippen LogP contribution >= 0.6 is 0 Å². The summed E-state index contributed by atoms with van der Waals surface area (Å²) in [5, 5.41) is 0. The number of anilines is 1. The number of nitrogens with one attached hydrogen (secondary N) is 1. The highest BCUT2D eigenvalue weighted by atomic mass is 32.2. The Labute approximate surface area is 67.3 Å². The van der Waals surface area contributed by atoms with E-state index in [1.54, 1.807) is 18.4 Å². The van der Waals surface area contributed by atoms with Gasteiger partial charge in [-0.1, -0.05) is 0 Å². The zero-order valence-corrected chi connectivity index (χ0v) is 6.89. The summed E-state index contributed by atoms with van der Waals surface area (Å²) in [6.45, 7) is 0. The number of aromatic nitrogens is 1. The number of hydrogen-bond donors (Lipinski definition) is 2. The monoisotopic (exact) mass is 171 g/mol. The van der Waals surface area contributed by atoms with Gasteiger partial charge in [-0.2, -0.15) is 0 Å². The van der Waals surface area contributed by atoms with Crippen molar-refractivity contribution in [1.82, 2.24) is 4.98 Å². The van der Waals surface area contributed by atoms with E-state index in [0.717, 1.165) is 0 Å². The zero-order valence-electron chi connectivity index (χ0n) is 6.07. The summed E-state index contributed by atoms with van der Waals surface area (Å²) in [6, 6.07) is 3.40. The van der Waals surface area contributed by atoms with Crippen LogP contribution in [0.15, 0.2) is 23.2 Å². The summed E-state index contributed by atoms with van der Waals surface area (Å²) in [4.78, 5) is 4.59. The first-order chi connectivity index (χ1) is 5.24. The molecule has 0 radical (unpaired) electrons. The molecule has 0 amide bonds. The highest BCUT2D eigenvalue weighted by Crippen LogP contribution is 2.05. The minimum Gasteiger partial charge on any atom is -0.308 e. The van der Waals surface area contributed by atoms with Gasteiger partial charge in [0.15, 0.2) is 0 Å². The molecule has 3 N–H and O–H groups in total. The van der Waals surface area contributed by atoms with Crippen LogP contribution in [-0.2, 0) is 10.8 Å². The van der Waals surface area contributed by atoms with Crippen LogP contribution in [0.5, 0.6) is 0 Å². The van der Waals surface area contributed by atoms with Gasteiger partial charge in [0, 0.05) is 12.5 Å². The topological polar surface area (TPSA) is 68.0 Å². The molecule has 0 aliphatic heterocycles. The van der Waals surface area contributed by atoms with Gasteiger partial charge < -0.3 is 5.43 Å². The summed E-state index contributed by atoms with van der Waals surface area (Å²) < 4.78 is 10.9. The van der Waals surface area contributed by atoms with Gasteiger partial charge in [-0.25, -0.2) is 10.8 Å². The Kier molecular flexibility index (Phi) is 2.56. The second kappa shape index (κ2) is 3.45. The maximum absolute atomic E-state index is 10.9. The minimum atomic E-state index is -0.970. The summed E-state index contributed by atoms with van der Waals surface area (Å²) >= 11 is 0. The van der Waals surface area contributed by atoms with Gasteiger partial charge >= 0.3 is 0 Å². The largest absolute Gasteiger partial charge is 0.308 e. The predicted octanol–water partition coefficient (Wildman–Crippen LogP) is 0.105. The SMILES string of the molecule is C[S@@](=O)c1ccc(NN)nc1. The molecule has 0 aliphatic carbocycles. The van der Waals surface area contributed by atoms with Crippen LogP contribution in [0, 0.1) is 0 Å². The van der Waals surface area contributed by atoms with Crippen molar-refractivity contribution < 1.29 is 4.21 Å². The molecule has 4 nitrogen and oxygen atoms in total. The molecule has 0 bridgehead atoms. The van der Waals surface area contributed by atoms with Crippen LogP contribution in [0.3, 0.4) is 0 Å². The van der Waals surface area contributed by atoms with Crippen LogP contribution in [0.4, 0.5) is 5.82 Å². The molecule has 0 saturated heterocycles. The molecule has 11 heavy (non-hydrogen) atoms. The number of pyridine rings is 1. The average molecular weight is 171 g/mol. The van der Waals surface area contributed by atoms with Crippen LogP contribution in [-0.4, -0.2) is 15.4 Å². The Morgan fingerprint density at radius 3 is 2.73 bits per heavy atom. The van der Waals surface area contributed by atoms with Gasteiger partial charge in [0.1, 0.15) is 5.82 Å². The molecule has 60 valence electrons. The highest BCUT2D eigenvalue weighted by Gasteiger charge is 1.96. The van der Waals surface area contributed by atoms with E-state index in [4.69, 9.17) is 5.84 Å². The Hall–Kier alpha value is -0.940. The maximum Gasteiger partial charge on any atom is 0.139 e. The van der Waals surface area contributed by atoms with E-state index in [1.807, 2.05) is 0 Å². The molecule has 1 aromatic rings. The van der Waals surface area contributed by atoms with E-state index >= 15 is 0 Å². The van der Waals surface area contributed by atoms with E-state index in [2.05, 4.69) is 10.4 Å². The molecule has 0 aliphatic rings. The van der Waals surface area contributed by atoms with E-state index in [-0.39, 0.29) is 0 Å². The number of nitrogens with two attached hydrogens (primary N) is 1. The van der Waals surface area contributed by atoms with Crippen molar-refractivity contribution in [1.29, 1.82) is 0 Å². The molecule has 0 unspecified atom stereocenters. The van der Waals surface area contributed by atoms with Crippen molar-refractivity contribution in [3.63, 3.8) is 0 Å². The third-order valence-electron chi connectivity index (χ3n) is 1.22. The van der Waals surface area contributed by atoms with Gasteiger partial charge in [-0.05, 0) is 12.1 Å². The van der Waals surface area contributed by atoms with E-state index < -0.39 is 10.8 Å². The number of nitrogens with zero attached hydrogens (tertiary/aromatic N) is 1. The van der Waals surface area contributed by atoms with Crippen LogP contribution in [0.2, 0.25) is 0 Å². The first-order valence-electron chi connectivity index (χ1n) is 3.00. The van der Waals surface area contributed by atoms with Crippen molar-refractivity contribution in [3.05, 3.63) is 18.3 Å². The number of nitrogen functional groups attached to an aromatic ring is 1. The maximum atomic E-state index is 10.9. The van der Waals surface area contributed by atoms with Crippen LogP contribution in [0.25, 0.3) is 0 Å². The fourth-order valence-corrected chi connectivity index (χ4v) is 1.10. The van der Waals surface area contributed by atoms with Crippen LogP contribution < -0.4 is 11.3 Å². The zero-order chi connectivity index (χ0) is 8.27. The third kappa shape index (κ3) is 1.99. The Morgan fingerprint density at radius 1 is 1.64 bits per heavy atom. The minimum absolute atomic E-state index is 0.569. The molecule has 1 rings (SSSR count). The number of rotatable bonds is 2. The lowest BCUT2D eigenvalue weighted by Crippen LogP contribution is -2.08. The molecule has 1 atom stereocenters. The second-order valence-corrected chi connectivity index (χ2v) is 3.36. The predicted molar refractivity (Wildman–Crippen MR) is 44.4 cm³/mol.